The lowest BCUT2D eigenvalue weighted by Crippen LogP contribution is -2.39. The topological polar surface area (TPSA) is 46.0 Å². The largest absolute Gasteiger partial charge is 0.317 e. The summed E-state index contributed by atoms with van der Waals surface area (Å²) in [5.74, 6) is 1.89. The molecule has 2 heterocycles. The summed E-state index contributed by atoms with van der Waals surface area (Å²) >= 11 is 0. The smallest absolute Gasteiger partial charge is 0.140 e. The van der Waals surface area contributed by atoms with E-state index in [1.165, 1.54) is 25.9 Å². The van der Waals surface area contributed by atoms with Crippen molar-refractivity contribution in [2.45, 2.75) is 39.8 Å². The zero-order chi connectivity index (χ0) is 12.8. The molecule has 0 saturated carbocycles. The minimum Gasteiger partial charge on any atom is -0.317 e. The second-order valence-corrected chi connectivity index (χ2v) is 5.04. The molecule has 0 bridgehead atoms. The molecule has 0 aliphatic carbocycles. The van der Waals surface area contributed by atoms with Crippen molar-refractivity contribution in [1.82, 2.24) is 25.0 Å². The average molecular weight is 251 g/mol. The van der Waals surface area contributed by atoms with E-state index >= 15 is 0 Å². The van der Waals surface area contributed by atoms with Crippen LogP contribution in [0.15, 0.2) is 6.33 Å². The summed E-state index contributed by atoms with van der Waals surface area (Å²) in [4.78, 5) is 6.88. The van der Waals surface area contributed by atoms with Crippen LogP contribution in [-0.4, -0.2) is 45.8 Å². The van der Waals surface area contributed by atoms with Crippen LogP contribution in [0.2, 0.25) is 0 Å². The van der Waals surface area contributed by atoms with Gasteiger partial charge in [-0.05, 0) is 45.3 Å². The van der Waals surface area contributed by atoms with Crippen LogP contribution in [0.25, 0.3) is 0 Å². The van der Waals surface area contributed by atoms with E-state index in [2.05, 4.69) is 34.1 Å². The van der Waals surface area contributed by atoms with Gasteiger partial charge in [0.25, 0.3) is 0 Å². The minimum absolute atomic E-state index is 0.789. The van der Waals surface area contributed by atoms with E-state index in [-0.39, 0.29) is 0 Å². The van der Waals surface area contributed by atoms with Gasteiger partial charge >= 0.3 is 0 Å². The molecule has 0 aromatic carbocycles. The summed E-state index contributed by atoms with van der Waals surface area (Å²) in [7, 11) is 0. The maximum atomic E-state index is 4.36. The molecule has 1 saturated heterocycles. The van der Waals surface area contributed by atoms with Crippen LogP contribution in [0.3, 0.4) is 0 Å². The summed E-state index contributed by atoms with van der Waals surface area (Å²) in [5.41, 5.74) is 0. The molecule has 0 amide bonds. The Kier molecular flexibility index (Phi) is 5.13. The standard InChI is InChI=1S/C13H25N5/c1-3-14-8-12-6-5-7-17(9-12)10-13-15-11-16-18(13)4-2/h11-12,14H,3-10H2,1-2H3. The second kappa shape index (κ2) is 6.85. The van der Waals surface area contributed by atoms with Crippen molar-refractivity contribution < 1.29 is 0 Å². The number of nitrogens with one attached hydrogen (secondary N) is 1. The Morgan fingerprint density at radius 1 is 1.44 bits per heavy atom. The Morgan fingerprint density at radius 3 is 3.11 bits per heavy atom. The number of rotatable bonds is 6. The van der Waals surface area contributed by atoms with E-state index in [0.29, 0.717) is 0 Å². The maximum absolute atomic E-state index is 4.36. The van der Waals surface area contributed by atoms with Gasteiger partial charge in [-0.25, -0.2) is 9.67 Å². The lowest BCUT2D eigenvalue weighted by atomic mass is 9.98. The first kappa shape index (κ1) is 13.5. The number of likely N-dealkylation sites (tertiary alicyclic amines) is 1. The van der Waals surface area contributed by atoms with Gasteiger partial charge in [-0.3, -0.25) is 4.90 Å². The average Bonchev–Trinajstić information content (AvgIpc) is 2.84. The summed E-state index contributed by atoms with van der Waals surface area (Å²) in [5, 5.41) is 7.70. The normalized spacial score (nSPS) is 21.3. The van der Waals surface area contributed by atoms with Crippen molar-refractivity contribution in [3.8, 4) is 0 Å². The first-order valence-corrected chi connectivity index (χ1v) is 7.13. The number of aromatic nitrogens is 3. The number of nitrogens with zero attached hydrogens (tertiary/aromatic N) is 4. The summed E-state index contributed by atoms with van der Waals surface area (Å²) in [6.45, 7) is 10.7. The molecule has 1 N–H and O–H groups in total. The highest BCUT2D eigenvalue weighted by Crippen LogP contribution is 2.17. The molecule has 2 rings (SSSR count). The van der Waals surface area contributed by atoms with Crippen molar-refractivity contribution in [3.05, 3.63) is 12.2 Å². The Hall–Kier alpha value is -0.940. The van der Waals surface area contributed by atoms with E-state index in [9.17, 15) is 0 Å². The highest BCUT2D eigenvalue weighted by atomic mass is 15.3. The van der Waals surface area contributed by atoms with Crippen LogP contribution in [0.5, 0.6) is 0 Å². The van der Waals surface area contributed by atoms with E-state index < -0.39 is 0 Å². The molecule has 1 atom stereocenters. The zero-order valence-electron chi connectivity index (χ0n) is 11.6. The number of piperidine rings is 1. The van der Waals surface area contributed by atoms with Gasteiger partial charge in [-0.1, -0.05) is 6.92 Å². The highest BCUT2D eigenvalue weighted by Gasteiger charge is 2.20. The summed E-state index contributed by atoms with van der Waals surface area (Å²) < 4.78 is 1.99. The molecule has 1 aromatic rings. The summed E-state index contributed by atoms with van der Waals surface area (Å²) in [6, 6.07) is 0. The molecule has 1 unspecified atom stereocenters. The first-order valence-electron chi connectivity index (χ1n) is 7.13. The fourth-order valence-electron chi connectivity index (χ4n) is 2.68. The molecular formula is C13H25N5. The molecule has 18 heavy (non-hydrogen) atoms. The van der Waals surface area contributed by atoms with Crippen molar-refractivity contribution in [1.29, 1.82) is 0 Å². The monoisotopic (exact) mass is 251 g/mol. The third-order valence-corrected chi connectivity index (χ3v) is 3.65. The quantitative estimate of drug-likeness (QED) is 0.823. The minimum atomic E-state index is 0.789. The Labute approximate surface area is 110 Å². The molecule has 5 nitrogen and oxygen atoms in total. The molecule has 1 aliphatic heterocycles. The predicted molar refractivity (Wildman–Crippen MR) is 72.2 cm³/mol. The first-order chi connectivity index (χ1) is 8.83. The van der Waals surface area contributed by atoms with Crippen LogP contribution < -0.4 is 5.32 Å². The maximum Gasteiger partial charge on any atom is 0.140 e. The molecule has 5 heteroatoms. The van der Waals surface area contributed by atoms with Crippen molar-refractivity contribution in [2.24, 2.45) is 5.92 Å². The lowest BCUT2D eigenvalue weighted by Gasteiger charge is -2.32. The molecule has 1 fully saturated rings. The van der Waals surface area contributed by atoms with Gasteiger partial charge in [0.2, 0.25) is 0 Å². The van der Waals surface area contributed by atoms with Gasteiger partial charge in [0.05, 0.1) is 6.54 Å². The second-order valence-electron chi connectivity index (χ2n) is 5.04. The molecule has 1 aromatic heterocycles. The van der Waals surface area contributed by atoms with Crippen molar-refractivity contribution in [2.75, 3.05) is 26.2 Å². The SMILES string of the molecule is CCNCC1CCCN(Cc2ncnn2CC)C1. The molecule has 102 valence electrons. The highest BCUT2D eigenvalue weighted by molar-refractivity contribution is 4.86. The van der Waals surface area contributed by atoms with Gasteiger partial charge in [0.1, 0.15) is 12.2 Å². The lowest BCUT2D eigenvalue weighted by molar-refractivity contribution is 0.160. The van der Waals surface area contributed by atoms with E-state index in [4.69, 9.17) is 0 Å². The Morgan fingerprint density at radius 2 is 2.33 bits per heavy atom. The van der Waals surface area contributed by atoms with E-state index in [0.717, 1.165) is 37.9 Å². The van der Waals surface area contributed by atoms with Crippen LogP contribution in [-0.2, 0) is 13.1 Å². The summed E-state index contributed by atoms with van der Waals surface area (Å²) in [6.07, 6.45) is 4.32. The van der Waals surface area contributed by atoms with Crippen LogP contribution in [0.4, 0.5) is 0 Å². The number of hydrogen-bond donors (Lipinski definition) is 1. The van der Waals surface area contributed by atoms with Crippen LogP contribution >= 0.6 is 0 Å². The van der Waals surface area contributed by atoms with Crippen LogP contribution in [0, 0.1) is 5.92 Å². The molecule has 0 radical (unpaired) electrons. The Balaban J connectivity index is 1.85. The number of hydrogen-bond acceptors (Lipinski definition) is 4. The third-order valence-electron chi connectivity index (χ3n) is 3.65. The van der Waals surface area contributed by atoms with Gasteiger partial charge in [0.15, 0.2) is 0 Å². The van der Waals surface area contributed by atoms with Gasteiger partial charge in [-0.2, -0.15) is 5.10 Å². The molecular weight excluding hydrogens is 226 g/mol. The third kappa shape index (κ3) is 3.53. The van der Waals surface area contributed by atoms with Gasteiger partial charge < -0.3 is 5.32 Å². The van der Waals surface area contributed by atoms with E-state index in [1.807, 2.05) is 4.68 Å². The van der Waals surface area contributed by atoms with Crippen LogP contribution in [0.1, 0.15) is 32.5 Å². The number of aryl methyl sites for hydroxylation is 1. The van der Waals surface area contributed by atoms with Crippen molar-refractivity contribution >= 4 is 0 Å². The fraction of sp³-hybridized carbons (Fsp3) is 0.846. The predicted octanol–water partition coefficient (Wildman–Crippen LogP) is 1.12. The molecule has 0 spiro atoms. The fourth-order valence-corrected chi connectivity index (χ4v) is 2.68. The van der Waals surface area contributed by atoms with Crippen molar-refractivity contribution in [3.63, 3.8) is 0 Å². The zero-order valence-corrected chi connectivity index (χ0v) is 11.6. The van der Waals surface area contributed by atoms with E-state index in [1.54, 1.807) is 6.33 Å². The van der Waals surface area contributed by atoms with Gasteiger partial charge in [0, 0.05) is 13.1 Å². The Bertz CT molecular complexity index is 349. The van der Waals surface area contributed by atoms with Gasteiger partial charge in [-0.15, -0.1) is 0 Å². The molecule has 1 aliphatic rings.